The molecule has 196 valence electrons. The van der Waals surface area contributed by atoms with Gasteiger partial charge in [-0.3, -0.25) is 0 Å². The molecule has 7 heteroatoms. The molecule has 2 atom stereocenters. The summed E-state index contributed by atoms with van der Waals surface area (Å²) >= 11 is 0. The summed E-state index contributed by atoms with van der Waals surface area (Å²) in [6, 6.07) is 12.8. The fourth-order valence-corrected chi connectivity index (χ4v) is 5.01. The van der Waals surface area contributed by atoms with Gasteiger partial charge >= 0.3 is 5.97 Å². The van der Waals surface area contributed by atoms with Crippen molar-refractivity contribution in [2.24, 2.45) is 11.8 Å². The topological polar surface area (TPSA) is 72.5 Å². The first-order chi connectivity index (χ1) is 17.9. The van der Waals surface area contributed by atoms with E-state index in [1.807, 2.05) is 18.2 Å². The van der Waals surface area contributed by atoms with Crippen LogP contribution in [0.3, 0.4) is 0 Å². The summed E-state index contributed by atoms with van der Waals surface area (Å²) in [7, 11) is 7.88. The van der Waals surface area contributed by atoms with Crippen molar-refractivity contribution in [3.8, 4) is 45.6 Å². The Kier molecular flexibility index (Phi) is 7.81. The van der Waals surface area contributed by atoms with Crippen molar-refractivity contribution < 1.29 is 33.2 Å². The second kappa shape index (κ2) is 11.0. The standard InChI is InChI=1S/C30H34O7/c1-17-13-20-15-22(32-3)26(34-5)28(36-7)24(20)25-21(14-18(17)2)16-23(33-4)27(35-6)29(25)37-30(31)19-11-9-8-10-12-19/h8-12,15-18H,13-14H2,1-7H3. The molecule has 7 nitrogen and oxygen atoms in total. The third-order valence-electron chi connectivity index (χ3n) is 7.13. The predicted octanol–water partition coefficient (Wildman–Crippen LogP) is 5.99. The van der Waals surface area contributed by atoms with Crippen LogP contribution in [0.5, 0.6) is 34.5 Å². The fraction of sp³-hybridized carbons (Fsp3) is 0.367. The largest absolute Gasteiger partial charge is 0.493 e. The SMILES string of the molecule is COc1cc2c(c(OC)c1OC)-c1c(cc(OC)c(OC)c1OC(=O)c1ccccc1)CC(C)C(C)C2. The lowest BCUT2D eigenvalue weighted by Crippen LogP contribution is -2.19. The van der Waals surface area contributed by atoms with Crippen LogP contribution in [-0.2, 0) is 12.8 Å². The highest BCUT2D eigenvalue weighted by Crippen LogP contribution is 2.56. The highest BCUT2D eigenvalue weighted by atomic mass is 16.6. The molecule has 0 bridgehead atoms. The van der Waals surface area contributed by atoms with Crippen molar-refractivity contribution in [3.63, 3.8) is 0 Å². The molecule has 37 heavy (non-hydrogen) atoms. The van der Waals surface area contributed by atoms with Crippen LogP contribution >= 0.6 is 0 Å². The van der Waals surface area contributed by atoms with Crippen molar-refractivity contribution in [1.82, 2.24) is 0 Å². The minimum absolute atomic E-state index is 0.277. The van der Waals surface area contributed by atoms with E-state index in [0.29, 0.717) is 51.7 Å². The van der Waals surface area contributed by atoms with E-state index in [2.05, 4.69) is 13.8 Å². The van der Waals surface area contributed by atoms with E-state index in [9.17, 15) is 4.79 Å². The Morgan fingerprint density at radius 3 is 1.57 bits per heavy atom. The summed E-state index contributed by atoms with van der Waals surface area (Å²) in [5, 5.41) is 0. The molecular weight excluding hydrogens is 472 g/mol. The average Bonchev–Trinajstić information content (AvgIpc) is 2.92. The fourth-order valence-electron chi connectivity index (χ4n) is 5.01. The maximum absolute atomic E-state index is 13.3. The first-order valence-electron chi connectivity index (χ1n) is 12.3. The van der Waals surface area contributed by atoms with Crippen molar-refractivity contribution in [3.05, 3.63) is 59.2 Å². The van der Waals surface area contributed by atoms with Gasteiger partial charge in [-0.25, -0.2) is 4.79 Å². The molecule has 3 aromatic rings. The van der Waals surface area contributed by atoms with Crippen molar-refractivity contribution in [1.29, 1.82) is 0 Å². The van der Waals surface area contributed by atoms with Crippen molar-refractivity contribution in [2.75, 3.05) is 35.5 Å². The molecule has 4 rings (SSSR count). The monoisotopic (exact) mass is 506 g/mol. The van der Waals surface area contributed by atoms with Gasteiger partial charge in [0.25, 0.3) is 0 Å². The van der Waals surface area contributed by atoms with Crippen molar-refractivity contribution in [2.45, 2.75) is 26.7 Å². The minimum Gasteiger partial charge on any atom is -0.493 e. The zero-order valence-corrected chi connectivity index (χ0v) is 22.5. The summed E-state index contributed by atoms with van der Waals surface area (Å²) in [4.78, 5) is 13.3. The smallest absolute Gasteiger partial charge is 0.343 e. The Morgan fingerprint density at radius 2 is 1.11 bits per heavy atom. The molecule has 1 aliphatic carbocycles. The van der Waals surface area contributed by atoms with Gasteiger partial charge in [0.15, 0.2) is 23.0 Å². The molecule has 0 spiro atoms. The third kappa shape index (κ3) is 4.78. The maximum Gasteiger partial charge on any atom is 0.343 e. The number of hydrogen-bond acceptors (Lipinski definition) is 7. The lowest BCUT2D eigenvalue weighted by atomic mass is 9.77. The molecule has 2 unspecified atom stereocenters. The van der Waals surface area contributed by atoms with Crippen LogP contribution in [0.15, 0.2) is 42.5 Å². The number of methoxy groups -OCH3 is 5. The molecule has 0 saturated heterocycles. The van der Waals surface area contributed by atoms with Gasteiger partial charge in [-0.2, -0.15) is 0 Å². The van der Waals surface area contributed by atoms with Crippen LogP contribution in [0.4, 0.5) is 0 Å². The highest BCUT2D eigenvalue weighted by Gasteiger charge is 2.34. The number of esters is 1. The van der Waals surface area contributed by atoms with E-state index in [1.165, 1.54) is 7.11 Å². The Labute approximate surface area is 218 Å². The van der Waals surface area contributed by atoms with Gasteiger partial charge in [0.2, 0.25) is 11.5 Å². The quantitative estimate of drug-likeness (QED) is 0.288. The molecule has 0 heterocycles. The van der Waals surface area contributed by atoms with E-state index in [-0.39, 0.29) is 5.75 Å². The molecular formula is C30H34O7. The van der Waals surface area contributed by atoms with Gasteiger partial charge in [0.1, 0.15) is 0 Å². The molecule has 0 aliphatic heterocycles. The summed E-state index contributed by atoms with van der Waals surface area (Å²) in [5.74, 6) is 2.82. The summed E-state index contributed by atoms with van der Waals surface area (Å²) < 4.78 is 35.0. The van der Waals surface area contributed by atoms with Gasteiger partial charge in [0.05, 0.1) is 41.1 Å². The van der Waals surface area contributed by atoms with Gasteiger partial charge in [-0.15, -0.1) is 0 Å². The van der Waals surface area contributed by atoms with Gasteiger partial charge in [-0.05, 0) is 60.1 Å². The van der Waals surface area contributed by atoms with Gasteiger partial charge in [0, 0.05) is 11.1 Å². The number of ether oxygens (including phenoxy) is 6. The van der Waals surface area contributed by atoms with E-state index < -0.39 is 5.97 Å². The summed E-state index contributed by atoms with van der Waals surface area (Å²) in [5.41, 5.74) is 3.88. The number of fused-ring (bicyclic) bond motifs is 3. The second-order valence-electron chi connectivity index (χ2n) is 9.27. The van der Waals surface area contributed by atoms with Crippen LogP contribution in [0.25, 0.3) is 11.1 Å². The first kappa shape index (κ1) is 26.2. The Bertz CT molecular complexity index is 1280. The highest BCUT2D eigenvalue weighted by molar-refractivity contribution is 5.95. The van der Waals surface area contributed by atoms with Crippen LogP contribution in [0, 0.1) is 11.8 Å². The second-order valence-corrected chi connectivity index (χ2v) is 9.27. The molecule has 3 aromatic carbocycles. The molecule has 1 aliphatic rings. The molecule has 0 amide bonds. The van der Waals surface area contributed by atoms with Gasteiger partial charge < -0.3 is 28.4 Å². The van der Waals surface area contributed by atoms with Crippen LogP contribution < -0.4 is 28.4 Å². The maximum atomic E-state index is 13.3. The number of carbonyl (C=O) groups excluding carboxylic acids is 1. The Hall–Kier alpha value is -3.87. The van der Waals surface area contributed by atoms with Crippen LogP contribution in [-0.4, -0.2) is 41.5 Å². The van der Waals surface area contributed by atoms with E-state index in [1.54, 1.807) is 52.7 Å². The predicted molar refractivity (Wildman–Crippen MR) is 142 cm³/mol. The minimum atomic E-state index is -0.501. The van der Waals surface area contributed by atoms with Crippen molar-refractivity contribution >= 4 is 5.97 Å². The molecule has 0 saturated carbocycles. The van der Waals surface area contributed by atoms with Crippen LogP contribution in [0.2, 0.25) is 0 Å². The Balaban J connectivity index is 2.11. The average molecular weight is 507 g/mol. The van der Waals surface area contributed by atoms with Crippen LogP contribution in [0.1, 0.15) is 35.3 Å². The Morgan fingerprint density at radius 1 is 0.649 bits per heavy atom. The molecule has 0 fully saturated rings. The third-order valence-corrected chi connectivity index (χ3v) is 7.13. The van der Waals surface area contributed by atoms with E-state index in [4.69, 9.17) is 28.4 Å². The van der Waals surface area contributed by atoms with E-state index >= 15 is 0 Å². The number of hydrogen-bond donors (Lipinski definition) is 0. The summed E-state index contributed by atoms with van der Waals surface area (Å²) in [6.07, 6.45) is 1.51. The lowest BCUT2D eigenvalue weighted by molar-refractivity contribution is 0.0729. The lowest BCUT2D eigenvalue weighted by Gasteiger charge is -2.30. The first-order valence-corrected chi connectivity index (χ1v) is 12.3. The molecule has 0 N–H and O–H groups in total. The summed E-state index contributed by atoms with van der Waals surface area (Å²) in [6.45, 7) is 4.46. The number of rotatable bonds is 7. The normalized spacial score (nSPS) is 16.4. The zero-order chi connectivity index (χ0) is 26.7. The van der Waals surface area contributed by atoms with Gasteiger partial charge in [-0.1, -0.05) is 32.0 Å². The molecule has 0 aromatic heterocycles. The molecule has 0 radical (unpaired) electrons. The zero-order valence-electron chi connectivity index (χ0n) is 22.5. The number of benzene rings is 3. The van der Waals surface area contributed by atoms with E-state index in [0.717, 1.165) is 29.5 Å². The number of carbonyl (C=O) groups is 1.